The number of hydrogen-bond acceptors (Lipinski definition) is 5. The first-order chi connectivity index (χ1) is 16.7. The molecule has 6 rings (SSSR count). The van der Waals surface area contributed by atoms with E-state index in [0.717, 1.165) is 61.5 Å². The van der Waals surface area contributed by atoms with E-state index in [1.54, 1.807) is 0 Å². The van der Waals surface area contributed by atoms with Gasteiger partial charge in [0.15, 0.2) is 0 Å². The van der Waals surface area contributed by atoms with Gasteiger partial charge in [0.2, 0.25) is 0 Å². The largest absolute Gasteiger partial charge is 0.382 e. The van der Waals surface area contributed by atoms with Crippen LogP contribution in [0.2, 0.25) is 0 Å². The van der Waals surface area contributed by atoms with Gasteiger partial charge in [-0.05, 0) is 56.3 Å². The van der Waals surface area contributed by atoms with Crippen LogP contribution >= 0.6 is 0 Å². The summed E-state index contributed by atoms with van der Waals surface area (Å²) < 4.78 is 0. The molecule has 1 aromatic carbocycles. The third-order valence-corrected chi connectivity index (χ3v) is 5.76. The van der Waals surface area contributed by atoms with Gasteiger partial charge >= 0.3 is 0 Å². The normalized spacial score (nSPS) is 11.5. The van der Waals surface area contributed by atoms with E-state index in [1.807, 2.05) is 55.0 Å². The standard InChI is InChI=1S/C27H23N7/c1-16(2)30-18-12-17(14-28-15-18)21-9-10-24-26(32-21)27(34-33-24)25-13-20-19(6-5-8-23(20)31-25)22-7-3-4-11-29-22/h3-16,30-31H,1-2H3,(H,33,34). The highest BCUT2D eigenvalue weighted by Gasteiger charge is 2.16. The van der Waals surface area contributed by atoms with Crippen LogP contribution in [-0.2, 0) is 0 Å². The Morgan fingerprint density at radius 2 is 1.82 bits per heavy atom. The number of rotatable bonds is 5. The van der Waals surface area contributed by atoms with Crippen molar-refractivity contribution in [2.45, 2.75) is 19.9 Å². The van der Waals surface area contributed by atoms with Gasteiger partial charge in [-0.25, -0.2) is 4.98 Å². The zero-order valence-corrected chi connectivity index (χ0v) is 18.9. The molecule has 3 N–H and O–H groups in total. The zero-order chi connectivity index (χ0) is 23.1. The molecule has 0 bridgehead atoms. The molecule has 7 nitrogen and oxygen atoms in total. The quantitative estimate of drug-likeness (QED) is 0.300. The van der Waals surface area contributed by atoms with Crippen LogP contribution in [0, 0.1) is 0 Å². The van der Waals surface area contributed by atoms with Crippen LogP contribution in [0.25, 0.3) is 55.8 Å². The summed E-state index contributed by atoms with van der Waals surface area (Å²) in [5.74, 6) is 0. The van der Waals surface area contributed by atoms with Gasteiger partial charge in [-0.1, -0.05) is 18.2 Å². The number of benzene rings is 1. The number of hydrogen-bond donors (Lipinski definition) is 3. The Morgan fingerprint density at radius 3 is 2.68 bits per heavy atom. The van der Waals surface area contributed by atoms with Crippen LogP contribution in [0.15, 0.2) is 79.3 Å². The second kappa shape index (κ2) is 8.12. The van der Waals surface area contributed by atoms with Crippen LogP contribution in [0.3, 0.4) is 0 Å². The molecular formula is C27H23N7. The summed E-state index contributed by atoms with van der Waals surface area (Å²) in [6.07, 6.45) is 5.48. The fraction of sp³-hybridized carbons (Fsp3) is 0.111. The number of H-pyrrole nitrogens is 2. The molecule has 0 aliphatic heterocycles. The maximum Gasteiger partial charge on any atom is 0.135 e. The molecule has 7 heteroatoms. The van der Waals surface area contributed by atoms with Crippen molar-refractivity contribution < 1.29 is 0 Å². The van der Waals surface area contributed by atoms with E-state index in [4.69, 9.17) is 4.98 Å². The highest BCUT2D eigenvalue weighted by molar-refractivity contribution is 6.00. The lowest BCUT2D eigenvalue weighted by molar-refractivity contribution is 0.898. The van der Waals surface area contributed by atoms with Crippen molar-refractivity contribution in [1.82, 2.24) is 30.1 Å². The number of fused-ring (bicyclic) bond motifs is 2. The number of nitrogens with one attached hydrogen (secondary N) is 3. The van der Waals surface area contributed by atoms with Crippen molar-refractivity contribution in [3.8, 4) is 33.9 Å². The average molecular weight is 446 g/mol. The first-order valence-electron chi connectivity index (χ1n) is 11.3. The molecule has 0 unspecified atom stereocenters. The highest BCUT2D eigenvalue weighted by atomic mass is 15.1. The first-order valence-corrected chi connectivity index (χ1v) is 11.3. The van der Waals surface area contributed by atoms with Gasteiger partial charge in [0.05, 0.1) is 28.3 Å². The molecule has 34 heavy (non-hydrogen) atoms. The van der Waals surface area contributed by atoms with Crippen molar-refractivity contribution in [1.29, 1.82) is 0 Å². The molecule has 0 saturated heterocycles. The molecule has 0 aliphatic carbocycles. The lowest BCUT2D eigenvalue weighted by atomic mass is 10.1. The fourth-order valence-corrected chi connectivity index (χ4v) is 4.27. The Kier molecular flexibility index (Phi) is 4.80. The lowest BCUT2D eigenvalue weighted by Crippen LogP contribution is -2.09. The third-order valence-electron chi connectivity index (χ3n) is 5.76. The van der Waals surface area contributed by atoms with E-state index in [9.17, 15) is 0 Å². The molecule has 0 saturated carbocycles. The molecule has 0 spiro atoms. The van der Waals surface area contributed by atoms with Gasteiger partial charge in [-0.2, -0.15) is 5.10 Å². The van der Waals surface area contributed by atoms with Crippen LogP contribution in [0.4, 0.5) is 5.69 Å². The van der Waals surface area contributed by atoms with Gasteiger partial charge in [-0.3, -0.25) is 15.1 Å². The van der Waals surface area contributed by atoms with Crippen molar-refractivity contribution in [3.05, 3.63) is 79.3 Å². The summed E-state index contributed by atoms with van der Waals surface area (Å²) in [7, 11) is 0. The fourth-order valence-electron chi connectivity index (χ4n) is 4.27. The minimum Gasteiger partial charge on any atom is -0.382 e. The van der Waals surface area contributed by atoms with E-state index in [2.05, 4.69) is 68.6 Å². The molecule has 6 aromatic rings. The summed E-state index contributed by atoms with van der Waals surface area (Å²) in [5, 5.41) is 12.2. The number of anilines is 1. The number of aromatic nitrogens is 6. The van der Waals surface area contributed by atoms with Gasteiger partial charge in [0.1, 0.15) is 11.2 Å². The average Bonchev–Trinajstić information content (AvgIpc) is 3.48. The third kappa shape index (κ3) is 3.57. The Hall–Kier alpha value is -4.52. The smallest absolute Gasteiger partial charge is 0.135 e. The predicted octanol–water partition coefficient (Wildman–Crippen LogP) is 6.05. The van der Waals surface area contributed by atoms with Gasteiger partial charge in [0.25, 0.3) is 0 Å². The lowest BCUT2D eigenvalue weighted by Gasteiger charge is -2.10. The second-order valence-electron chi connectivity index (χ2n) is 8.59. The topological polar surface area (TPSA) is 95.2 Å². The maximum absolute atomic E-state index is 4.96. The molecule has 0 aliphatic rings. The summed E-state index contributed by atoms with van der Waals surface area (Å²) in [6, 6.07) is 20.7. The first kappa shape index (κ1) is 20.1. The molecule has 0 atom stereocenters. The summed E-state index contributed by atoms with van der Waals surface area (Å²) >= 11 is 0. The maximum atomic E-state index is 4.96. The van der Waals surface area contributed by atoms with Crippen molar-refractivity contribution in [3.63, 3.8) is 0 Å². The minimum absolute atomic E-state index is 0.325. The van der Waals surface area contributed by atoms with E-state index in [0.29, 0.717) is 6.04 Å². The van der Waals surface area contributed by atoms with E-state index in [-0.39, 0.29) is 0 Å². The minimum atomic E-state index is 0.325. The molecule has 5 heterocycles. The Morgan fingerprint density at radius 1 is 0.882 bits per heavy atom. The molecular weight excluding hydrogens is 422 g/mol. The van der Waals surface area contributed by atoms with Crippen LogP contribution in [0.1, 0.15) is 13.8 Å². The monoisotopic (exact) mass is 445 g/mol. The van der Waals surface area contributed by atoms with E-state index >= 15 is 0 Å². The molecule has 0 fully saturated rings. The summed E-state index contributed by atoms with van der Waals surface area (Å²) in [6.45, 7) is 4.21. The zero-order valence-electron chi connectivity index (χ0n) is 18.9. The van der Waals surface area contributed by atoms with Gasteiger partial charge in [-0.15, -0.1) is 0 Å². The Bertz CT molecular complexity index is 1610. The Balaban J connectivity index is 1.45. The molecule has 0 radical (unpaired) electrons. The van der Waals surface area contributed by atoms with Crippen molar-refractivity contribution in [2.75, 3.05) is 5.32 Å². The van der Waals surface area contributed by atoms with Crippen LogP contribution in [-0.4, -0.2) is 36.2 Å². The second-order valence-corrected chi connectivity index (χ2v) is 8.59. The summed E-state index contributed by atoms with van der Waals surface area (Å²) in [5.41, 5.74) is 9.20. The van der Waals surface area contributed by atoms with Gasteiger partial charge in [0, 0.05) is 46.7 Å². The SMILES string of the molecule is CC(C)Nc1cncc(-c2ccc3[nH]nc(-c4cc5c(-c6ccccn6)cccc5[nH]4)c3n2)c1. The van der Waals surface area contributed by atoms with Crippen molar-refractivity contribution >= 4 is 27.6 Å². The van der Waals surface area contributed by atoms with E-state index < -0.39 is 0 Å². The predicted molar refractivity (Wildman–Crippen MR) is 136 cm³/mol. The Labute approximate surface area is 196 Å². The van der Waals surface area contributed by atoms with E-state index in [1.165, 1.54) is 0 Å². The molecule has 5 aromatic heterocycles. The number of nitrogens with zero attached hydrogens (tertiary/aromatic N) is 4. The van der Waals surface area contributed by atoms with Gasteiger partial charge < -0.3 is 10.3 Å². The molecule has 166 valence electrons. The highest BCUT2D eigenvalue weighted by Crippen LogP contribution is 2.33. The van der Waals surface area contributed by atoms with Crippen LogP contribution < -0.4 is 5.32 Å². The molecule has 0 amide bonds. The van der Waals surface area contributed by atoms with Crippen molar-refractivity contribution in [2.24, 2.45) is 0 Å². The summed E-state index contributed by atoms with van der Waals surface area (Å²) in [4.78, 5) is 17.4. The number of aromatic amines is 2. The number of pyridine rings is 3. The van der Waals surface area contributed by atoms with Crippen LogP contribution in [0.5, 0.6) is 0 Å².